The number of nitrogens with zero attached hydrogens (tertiary/aromatic N) is 2. The minimum absolute atomic E-state index is 0.234. The van der Waals surface area contributed by atoms with Gasteiger partial charge >= 0.3 is 0 Å². The summed E-state index contributed by atoms with van der Waals surface area (Å²) in [6.07, 6.45) is 7.75. The Morgan fingerprint density at radius 1 is 1.32 bits per heavy atom. The van der Waals surface area contributed by atoms with Crippen LogP contribution in [0.2, 0.25) is 0 Å². The Kier molecular flexibility index (Phi) is 3.78. The molecule has 2 aromatic rings. The highest BCUT2D eigenvalue weighted by molar-refractivity contribution is 7.14. The highest BCUT2D eigenvalue weighted by Gasteiger charge is 2.29. The van der Waals surface area contributed by atoms with Crippen LogP contribution >= 0.6 is 22.7 Å². The number of likely N-dealkylation sites (tertiary alicyclic amines) is 1. The van der Waals surface area contributed by atoms with Crippen LogP contribution in [0.1, 0.15) is 55.2 Å². The number of fused-ring (bicyclic) bond motifs is 1. The third kappa shape index (κ3) is 2.61. The maximum atomic E-state index is 12.8. The SMILES string of the molecule is Cc1cnc([C@@H]2CCCN(C(=O)c3cc4c(s3)CCC4)C2)s1. The first-order valence-corrected chi connectivity index (χ1v) is 9.67. The molecule has 1 aliphatic carbocycles. The number of rotatable bonds is 2. The first kappa shape index (κ1) is 14.4. The van der Waals surface area contributed by atoms with E-state index in [1.165, 1.54) is 26.7 Å². The summed E-state index contributed by atoms with van der Waals surface area (Å²) >= 11 is 3.50. The molecular formula is C17H20N2OS2. The molecule has 1 amide bonds. The fourth-order valence-electron chi connectivity index (χ4n) is 3.51. The van der Waals surface area contributed by atoms with Crippen molar-refractivity contribution in [2.75, 3.05) is 13.1 Å². The number of thiazole rings is 1. The van der Waals surface area contributed by atoms with E-state index in [1.807, 2.05) is 11.1 Å². The third-order valence-corrected chi connectivity index (χ3v) is 6.95. The fraction of sp³-hybridized carbons (Fsp3) is 0.529. The molecule has 2 aliphatic rings. The van der Waals surface area contributed by atoms with Crippen LogP contribution in [-0.4, -0.2) is 28.9 Å². The molecule has 1 fully saturated rings. The number of aryl methyl sites for hydroxylation is 3. The molecule has 0 saturated carbocycles. The van der Waals surface area contributed by atoms with Crippen molar-refractivity contribution < 1.29 is 4.79 Å². The molecule has 0 bridgehead atoms. The molecule has 22 heavy (non-hydrogen) atoms. The van der Waals surface area contributed by atoms with Crippen LogP contribution in [0.25, 0.3) is 0 Å². The second kappa shape index (κ2) is 5.78. The minimum atomic E-state index is 0.234. The summed E-state index contributed by atoms with van der Waals surface area (Å²) in [5, 5.41) is 1.20. The van der Waals surface area contributed by atoms with Crippen molar-refractivity contribution in [3.8, 4) is 0 Å². The zero-order valence-corrected chi connectivity index (χ0v) is 14.4. The molecule has 2 aromatic heterocycles. The second-order valence-corrected chi connectivity index (χ2v) is 8.72. The molecule has 1 atom stereocenters. The van der Waals surface area contributed by atoms with E-state index < -0.39 is 0 Å². The van der Waals surface area contributed by atoms with Gasteiger partial charge in [0.1, 0.15) is 0 Å². The summed E-state index contributed by atoms with van der Waals surface area (Å²) < 4.78 is 0. The Bertz CT molecular complexity index is 682. The van der Waals surface area contributed by atoms with E-state index in [2.05, 4.69) is 18.0 Å². The van der Waals surface area contributed by atoms with E-state index in [0.29, 0.717) is 5.92 Å². The predicted molar refractivity (Wildman–Crippen MR) is 91.1 cm³/mol. The molecule has 4 rings (SSSR count). The number of aromatic nitrogens is 1. The Labute approximate surface area is 139 Å². The van der Waals surface area contributed by atoms with Crippen molar-refractivity contribution in [3.63, 3.8) is 0 Å². The molecule has 3 heterocycles. The van der Waals surface area contributed by atoms with Crippen molar-refractivity contribution in [1.29, 1.82) is 0 Å². The molecule has 1 saturated heterocycles. The molecule has 0 radical (unpaired) electrons. The van der Waals surface area contributed by atoms with Gasteiger partial charge in [-0.1, -0.05) is 0 Å². The average molecular weight is 332 g/mol. The number of carbonyl (C=O) groups is 1. The number of hydrogen-bond donors (Lipinski definition) is 0. The van der Waals surface area contributed by atoms with Gasteiger partial charge in [0.25, 0.3) is 5.91 Å². The summed E-state index contributed by atoms with van der Waals surface area (Å²) in [7, 11) is 0. The standard InChI is InChI=1S/C17H20N2OS2/c1-11-9-18-16(21-11)13-5-3-7-19(10-13)17(20)15-8-12-4-2-6-14(12)22-15/h8-9,13H,2-7,10H2,1H3/t13-/m1/s1. The molecule has 0 N–H and O–H groups in total. The topological polar surface area (TPSA) is 33.2 Å². The normalized spacial score (nSPS) is 21.1. The van der Waals surface area contributed by atoms with Gasteiger partial charge in [0.2, 0.25) is 0 Å². The van der Waals surface area contributed by atoms with Gasteiger partial charge < -0.3 is 4.90 Å². The van der Waals surface area contributed by atoms with Gasteiger partial charge in [-0.25, -0.2) is 4.98 Å². The lowest BCUT2D eigenvalue weighted by Gasteiger charge is -2.31. The maximum Gasteiger partial charge on any atom is 0.263 e. The molecular weight excluding hydrogens is 312 g/mol. The maximum absolute atomic E-state index is 12.8. The minimum Gasteiger partial charge on any atom is -0.337 e. The lowest BCUT2D eigenvalue weighted by atomic mass is 9.98. The van der Waals surface area contributed by atoms with Gasteiger partial charge in [-0.2, -0.15) is 0 Å². The first-order valence-electron chi connectivity index (χ1n) is 8.04. The monoisotopic (exact) mass is 332 g/mol. The predicted octanol–water partition coefficient (Wildman–Crippen LogP) is 4.02. The number of amides is 1. The van der Waals surface area contributed by atoms with Crippen molar-refractivity contribution in [1.82, 2.24) is 9.88 Å². The molecule has 0 aromatic carbocycles. The third-order valence-electron chi connectivity index (χ3n) is 4.65. The van der Waals surface area contributed by atoms with E-state index in [0.717, 1.165) is 43.6 Å². The summed E-state index contributed by atoms with van der Waals surface area (Å²) in [6.45, 7) is 3.82. The van der Waals surface area contributed by atoms with Crippen LogP contribution in [0, 0.1) is 6.92 Å². The van der Waals surface area contributed by atoms with Gasteiger partial charge in [-0.3, -0.25) is 4.79 Å². The van der Waals surface area contributed by atoms with Crippen molar-refractivity contribution in [3.05, 3.63) is 37.5 Å². The average Bonchev–Trinajstić information content (AvgIpc) is 3.21. The van der Waals surface area contributed by atoms with E-state index in [1.54, 1.807) is 22.7 Å². The van der Waals surface area contributed by atoms with Gasteiger partial charge in [-0.05, 0) is 50.7 Å². The molecule has 0 spiro atoms. The smallest absolute Gasteiger partial charge is 0.263 e. The molecule has 5 heteroatoms. The van der Waals surface area contributed by atoms with Gasteiger partial charge in [0, 0.05) is 35.0 Å². The lowest BCUT2D eigenvalue weighted by Crippen LogP contribution is -2.38. The van der Waals surface area contributed by atoms with Gasteiger partial charge in [-0.15, -0.1) is 22.7 Å². The zero-order valence-electron chi connectivity index (χ0n) is 12.8. The summed E-state index contributed by atoms with van der Waals surface area (Å²) in [5.74, 6) is 0.653. The lowest BCUT2D eigenvalue weighted by molar-refractivity contribution is 0.0712. The van der Waals surface area contributed by atoms with Crippen molar-refractivity contribution in [2.45, 2.75) is 44.9 Å². The summed E-state index contributed by atoms with van der Waals surface area (Å²) in [5.41, 5.74) is 1.41. The van der Waals surface area contributed by atoms with Gasteiger partial charge in [0.15, 0.2) is 0 Å². The van der Waals surface area contributed by atoms with Crippen molar-refractivity contribution >= 4 is 28.6 Å². The second-order valence-electron chi connectivity index (χ2n) is 6.31. The van der Waals surface area contributed by atoms with E-state index >= 15 is 0 Å². The quantitative estimate of drug-likeness (QED) is 0.832. The highest BCUT2D eigenvalue weighted by atomic mass is 32.1. The molecule has 1 aliphatic heterocycles. The Morgan fingerprint density at radius 3 is 3.00 bits per heavy atom. The fourth-order valence-corrected chi connectivity index (χ4v) is 5.64. The van der Waals surface area contributed by atoms with E-state index in [9.17, 15) is 4.79 Å². The molecule has 0 unspecified atom stereocenters. The van der Waals surface area contributed by atoms with Crippen LogP contribution < -0.4 is 0 Å². The summed E-state index contributed by atoms with van der Waals surface area (Å²) in [6, 6.07) is 2.15. The highest BCUT2D eigenvalue weighted by Crippen LogP contribution is 2.34. The molecule has 3 nitrogen and oxygen atoms in total. The van der Waals surface area contributed by atoms with Crippen LogP contribution in [0.4, 0.5) is 0 Å². The van der Waals surface area contributed by atoms with Crippen molar-refractivity contribution in [2.24, 2.45) is 0 Å². The van der Waals surface area contributed by atoms with E-state index in [4.69, 9.17) is 0 Å². The number of piperidine rings is 1. The van der Waals surface area contributed by atoms with Crippen LogP contribution in [-0.2, 0) is 12.8 Å². The number of thiophene rings is 1. The van der Waals surface area contributed by atoms with E-state index in [-0.39, 0.29) is 5.91 Å². The number of hydrogen-bond acceptors (Lipinski definition) is 4. The Morgan fingerprint density at radius 2 is 2.23 bits per heavy atom. The Hall–Kier alpha value is -1.20. The first-order chi connectivity index (χ1) is 10.7. The van der Waals surface area contributed by atoms with Crippen LogP contribution in [0.5, 0.6) is 0 Å². The largest absolute Gasteiger partial charge is 0.337 e. The Balaban J connectivity index is 1.50. The summed E-state index contributed by atoms with van der Waals surface area (Å²) in [4.78, 5) is 23.0. The molecule has 116 valence electrons. The zero-order chi connectivity index (χ0) is 15.1. The van der Waals surface area contributed by atoms with Gasteiger partial charge in [0.05, 0.1) is 9.88 Å². The van der Waals surface area contributed by atoms with Crippen LogP contribution in [0.15, 0.2) is 12.3 Å². The number of carbonyl (C=O) groups excluding carboxylic acids is 1. The van der Waals surface area contributed by atoms with Crippen LogP contribution in [0.3, 0.4) is 0 Å².